The third-order valence-electron chi connectivity index (χ3n) is 12.4. The Kier molecular flexibility index (Phi) is 18.6. The number of carbonyl (C=O) groups is 4. The van der Waals surface area contributed by atoms with Crippen molar-refractivity contribution in [2.24, 2.45) is 0 Å². The standard InChI is InChI=1S/C28H31ClN4O2.C26H25Cl2FN4O2/c1-21(23-9-12-25(29)13-10-23)28(35)33-18-16-32(17-19-33)26-14-11-24(20-31-26)27(34)30-15-5-8-22-6-3-2-4-7-22;27-20-4-1-3-18(15-20)9-10-30-26(35)19-7-8-24(31-17-19)32-11-13-33(14-12-32)25(34)16-21-22(28)5-2-6-23(21)29/h2-4,6-7,9-14,20-21H,5,8,15-19H2,1H3,(H,30,34);1-8,15,17H,9-14,16H2,(H,30,35). The summed E-state index contributed by atoms with van der Waals surface area (Å²) in [5, 5.41) is 7.47. The first-order chi connectivity index (χ1) is 33.9. The lowest BCUT2D eigenvalue weighted by Crippen LogP contribution is -2.50. The van der Waals surface area contributed by atoms with Crippen LogP contribution in [0.4, 0.5) is 16.0 Å². The van der Waals surface area contributed by atoms with Gasteiger partial charge in [0.15, 0.2) is 0 Å². The van der Waals surface area contributed by atoms with Crippen LogP contribution in [-0.2, 0) is 28.9 Å². The summed E-state index contributed by atoms with van der Waals surface area (Å²) >= 11 is 18.0. The van der Waals surface area contributed by atoms with Crippen LogP contribution >= 0.6 is 34.8 Å². The number of benzene rings is 4. The smallest absolute Gasteiger partial charge is 0.252 e. The molecule has 70 heavy (non-hydrogen) atoms. The monoisotopic (exact) mass is 1000 g/mol. The second-order valence-corrected chi connectivity index (χ2v) is 18.4. The number of aryl methyl sites for hydroxylation is 1. The molecule has 2 N–H and O–H groups in total. The van der Waals surface area contributed by atoms with Gasteiger partial charge in [0, 0.05) is 98.5 Å². The summed E-state index contributed by atoms with van der Waals surface area (Å²) in [7, 11) is 0. The maximum Gasteiger partial charge on any atom is 0.252 e. The predicted octanol–water partition coefficient (Wildman–Crippen LogP) is 8.94. The zero-order valence-electron chi connectivity index (χ0n) is 39.0. The number of carbonyl (C=O) groups excluding carboxylic acids is 4. The van der Waals surface area contributed by atoms with Crippen molar-refractivity contribution in [1.29, 1.82) is 0 Å². The van der Waals surface area contributed by atoms with Gasteiger partial charge in [0.2, 0.25) is 11.8 Å². The maximum atomic E-state index is 14.0. The van der Waals surface area contributed by atoms with Gasteiger partial charge in [-0.2, -0.15) is 0 Å². The molecule has 2 aliphatic rings. The highest BCUT2D eigenvalue weighted by molar-refractivity contribution is 6.31. The molecule has 1 unspecified atom stereocenters. The number of nitrogens with zero attached hydrogens (tertiary/aromatic N) is 6. The van der Waals surface area contributed by atoms with Crippen LogP contribution in [0.1, 0.15) is 62.2 Å². The van der Waals surface area contributed by atoms with Gasteiger partial charge in [0.05, 0.1) is 23.5 Å². The van der Waals surface area contributed by atoms with Gasteiger partial charge in [0.25, 0.3) is 11.8 Å². The maximum absolute atomic E-state index is 14.0. The second kappa shape index (κ2) is 25.4. The molecule has 4 aromatic carbocycles. The number of amides is 4. The molecule has 6 aromatic rings. The van der Waals surface area contributed by atoms with Crippen LogP contribution in [0.3, 0.4) is 0 Å². The Labute approximate surface area is 423 Å². The summed E-state index contributed by atoms with van der Waals surface area (Å²) < 4.78 is 14.0. The molecule has 16 heteroatoms. The third kappa shape index (κ3) is 14.5. The van der Waals surface area contributed by atoms with Gasteiger partial charge in [-0.05, 0) is 104 Å². The highest BCUT2D eigenvalue weighted by Gasteiger charge is 2.27. The Hall–Kier alpha value is -6.54. The largest absolute Gasteiger partial charge is 0.353 e. The number of halogens is 4. The van der Waals surface area contributed by atoms with Gasteiger partial charge >= 0.3 is 0 Å². The normalized spacial score (nSPS) is 14.0. The van der Waals surface area contributed by atoms with E-state index in [1.165, 1.54) is 17.7 Å². The zero-order valence-corrected chi connectivity index (χ0v) is 41.3. The first-order valence-corrected chi connectivity index (χ1v) is 24.6. The molecule has 0 radical (unpaired) electrons. The van der Waals surface area contributed by atoms with E-state index >= 15 is 0 Å². The Balaban J connectivity index is 0.000000206. The first-order valence-electron chi connectivity index (χ1n) is 23.4. The fraction of sp³-hybridized carbons (Fsp3) is 0.296. The minimum absolute atomic E-state index is 0.0646. The number of hydrogen-bond acceptors (Lipinski definition) is 8. The van der Waals surface area contributed by atoms with Crippen molar-refractivity contribution in [2.75, 3.05) is 75.2 Å². The molecule has 364 valence electrons. The first kappa shape index (κ1) is 51.3. The van der Waals surface area contributed by atoms with Gasteiger partial charge in [-0.1, -0.05) is 95.5 Å². The van der Waals surface area contributed by atoms with Gasteiger partial charge in [-0.3, -0.25) is 19.2 Å². The summed E-state index contributed by atoms with van der Waals surface area (Å²) in [5.41, 5.74) is 4.56. The van der Waals surface area contributed by atoms with E-state index < -0.39 is 5.82 Å². The zero-order chi connectivity index (χ0) is 49.4. The van der Waals surface area contributed by atoms with Crippen molar-refractivity contribution < 1.29 is 23.6 Å². The minimum Gasteiger partial charge on any atom is -0.353 e. The Morgan fingerprint density at radius 2 is 1.17 bits per heavy atom. The van der Waals surface area contributed by atoms with Crippen molar-refractivity contribution in [1.82, 2.24) is 30.4 Å². The van der Waals surface area contributed by atoms with E-state index in [0.717, 1.165) is 35.6 Å². The number of piperazine rings is 2. The van der Waals surface area contributed by atoms with Crippen molar-refractivity contribution in [2.45, 2.75) is 38.5 Å². The molecule has 12 nitrogen and oxygen atoms in total. The lowest BCUT2D eigenvalue weighted by atomic mass is 9.99. The molecule has 0 spiro atoms. The molecule has 1 atom stereocenters. The molecule has 2 aromatic heterocycles. The molecule has 2 aliphatic heterocycles. The van der Waals surface area contributed by atoms with Crippen molar-refractivity contribution >= 4 is 70.1 Å². The number of pyridine rings is 2. The molecule has 8 rings (SSSR count). The summed E-state index contributed by atoms with van der Waals surface area (Å²) in [6, 6.07) is 36.9. The molecule has 0 saturated carbocycles. The Bertz CT molecular complexity index is 2660. The third-order valence-corrected chi connectivity index (χ3v) is 13.2. The molecule has 2 saturated heterocycles. The fourth-order valence-electron chi connectivity index (χ4n) is 8.24. The summed E-state index contributed by atoms with van der Waals surface area (Å²) in [6.45, 7) is 7.93. The van der Waals surface area contributed by atoms with E-state index in [9.17, 15) is 23.6 Å². The SMILES string of the molecule is CC(C(=O)N1CCN(c2ccc(C(=O)NCCCc3ccccc3)cn2)CC1)c1ccc(Cl)cc1.O=C(NCCc1cccc(Cl)c1)c1ccc(N2CCN(C(=O)Cc3c(F)cccc3Cl)CC2)nc1. The number of nitrogens with one attached hydrogen (secondary N) is 2. The fourth-order valence-corrected chi connectivity index (χ4v) is 8.81. The van der Waals surface area contributed by atoms with E-state index in [1.54, 1.807) is 29.4 Å². The highest BCUT2D eigenvalue weighted by Crippen LogP contribution is 2.24. The summed E-state index contributed by atoms with van der Waals surface area (Å²) in [6.07, 6.45) is 5.63. The molecule has 2 fully saturated rings. The van der Waals surface area contributed by atoms with Crippen molar-refractivity contribution in [3.8, 4) is 0 Å². The van der Waals surface area contributed by atoms with Crippen LogP contribution in [0.15, 0.2) is 134 Å². The van der Waals surface area contributed by atoms with Gasteiger partial charge in [-0.15, -0.1) is 0 Å². The number of hydrogen-bond donors (Lipinski definition) is 2. The number of aromatic nitrogens is 2. The quantitative estimate of drug-likeness (QED) is 0.0977. The lowest BCUT2D eigenvalue weighted by molar-refractivity contribution is -0.133. The van der Waals surface area contributed by atoms with Crippen LogP contribution in [0.25, 0.3) is 0 Å². The topological polar surface area (TPSA) is 131 Å². The average molecular weight is 1010 g/mol. The van der Waals surface area contributed by atoms with Gasteiger partial charge in [-0.25, -0.2) is 14.4 Å². The molecule has 4 amide bonds. The van der Waals surface area contributed by atoms with Crippen LogP contribution < -0.4 is 20.4 Å². The minimum atomic E-state index is -0.470. The molecule has 0 bridgehead atoms. The summed E-state index contributed by atoms with van der Waals surface area (Å²) in [4.78, 5) is 67.2. The van der Waals surface area contributed by atoms with Gasteiger partial charge < -0.3 is 30.2 Å². The lowest BCUT2D eigenvalue weighted by Gasteiger charge is -2.36. The van der Waals surface area contributed by atoms with E-state index in [2.05, 4.69) is 42.5 Å². The highest BCUT2D eigenvalue weighted by atomic mass is 35.5. The summed E-state index contributed by atoms with van der Waals surface area (Å²) in [5.74, 6) is 0.559. The van der Waals surface area contributed by atoms with Crippen molar-refractivity contribution in [3.05, 3.63) is 188 Å². The van der Waals surface area contributed by atoms with E-state index in [1.807, 2.05) is 96.8 Å². The van der Waals surface area contributed by atoms with Crippen LogP contribution in [-0.4, -0.2) is 109 Å². The average Bonchev–Trinajstić information content (AvgIpc) is 3.39. The number of anilines is 2. The molecular weight excluding hydrogens is 950 g/mol. The molecular formula is C54H56Cl3FN8O4. The molecule has 0 aliphatic carbocycles. The van der Waals surface area contributed by atoms with E-state index in [-0.39, 0.29) is 46.6 Å². The molecule has 4 heterocycles. The van der Waals surface area contributed by atoms with Gasteiger partial charge in [0.1, 0.15) is 17.5 Å². The van der Waals surface area contributed by atoms with Crippen molar-refractivity contribution in [3.63, 3.8) is 0 Å². The van der Waals surface area contributed by atoms with E-state index in [4.69, 9.17) is 34.8 Å². The Morgan fingerprint density at radius 1 is 0.600 bits per heavy atom. The van der Waals surface area contributed by atoms with Crippen LogP contribution in [0.2, 0.25) is 15.1 Å². The number of rotatable bonds is 15. The van der Waals surface area contributed by atoms with E-state index in [0.29, 0.717) is 93.0 Å². The predicted molar refractivity (Wildman–Crippen MR) is 276 cm³/mol. The van der Waals surface area contributed by atoms with Crippen LogP contribution in [0, 0.1) is 5.82 Å². The second-order valence-electron chi connectivity index (χ2n) is 17.1. The Morgan fingerprint density at radius 3 is 1.74 bits per heavy atom. The van der Waals surface area contributed by atoms with Crippen LogP contribution in [0.5, 0.6) is 0 Å².